The van der Waals surface area contributed by atoms with Gasteiger partial charge in [0, 0.05) is 0 Å². The fraction of sp³-hybridized carbons (Fsp3) is 0.500. The van der Waals surface area contributed by atoms with Gasteiger partial charge in [-0.2, -0.15) is 0 Å². The van der Waals surface area contributed by atoms with Crippen molar-refractivity contribution >= 4 is 5.78 Å². The average molecular weight is 254 g/mol. The highest BCUT2D eigenvalue weighted by Crippen LogP contribution is 2.28. The Balaban J connectivity index is 2.17. The van der Waals surface area contributed by atoms with Crippen LogP contribution in [0.15, 0.2) is 18.2 Å². The number of rotatable bonds is 3. The van der Waals surface area contributed by atoms with Crippen molar-refractivity contribution in [3.05, 3.63) is 35.4 Å². The summed E-state index contributed by atoms with van der Waals surface area (Å²) in [6.45, 7) is 0. The quantitative estimate of drug-likeness (QED) is 0.842. The Morgan fingerprint density at radius 3 is 2.56 bits per heavy atom. The van der Waals surface area contributed by atoms with Gasteiger partial charge in [0.15, 0.2) is 17.4 Å². The van der Waals surface area contributed by atoms with Crippen LogP contribution in [0.5, 0.6) is 0 Å². The molecule has 2 nitrogen and oxygen atoms in total. The Kier molecular flexibility index (Phi) is 4.07. The van der Waals surface area contributed by atoms with Crippen molar-refractivity contribution in [1.29, 1.82) is 0 Å². The number of halogens is 2. The molecular weight excluding hydrogens is 238 g/mol. The molecule has 0 heterocycles. The van der Waals surface area contributed by atoms with E-state index in [1.807, 2.05) is 0 Å². The Bertz CT molecular complexity index is 439. The molecule has 1 aromatic carbocycles. The van der Waals surface area contributed by atoms with Gasteiger partial charge >= 0.3 is 0 Å². The van der Waals surface area contributed by atoms with E-state index >= 15 is 0 Å². The summed E-state index contributed by atoms with van der Waals surface area (Å²) in [5.74, 6) is -3.07. The lowest BCUT2D eigenvalue weighted by molar-refractivity contribution is 0.0529. The van der Waals surface area contributed by atoms with Crippen LogP contribution >= 0.6 is 0 Å². The van der Waals surface area contributed by atoms with Gasteiger partial charge in [0.1, 0.15) is 6.10 Å². The monoisotopic (exact) mass is 254 g/mol. The van der Waals surface area contributed by atoms with Crippen LogP contribution < -0.4 is 0 Å². The number of carbonyl (C=O) groups is 1. The van der Waals surface area contributed by atoms with E-state index in [4.69, 9.17) is 0 Å². The fourth-order valence-corrected chi connectivity index (χ4v) is 2.52. The highest BCUT2D eigenvalue weighted by molar-refractivity contribution is 5.99. The van der Waals surface area contributed by atoms with E-state index in [0.29, 0.717) is 0 Å². The summed E-state index contributed by atoms with van der Waals surface area (Å²) in [5, 5.41) is 9.97. The van der Waals surface area contributed by atoms with E-state index in [1.165, 1.54) is 12.1 Å². The standard InChI is InChI=1S/C14H16F2O2/c15-11-8-4-7-10(12(11)16)14(18)13(17)9-5-2-1-3-6-9/h4,7-9,13,17H,1-3,5-6H2. The zero-order chi connectivity index (χ0) is 13.1. The molecule has 1 N–H and O–H groups in total. The molecule has 0 radical (unpaired) electrons. The molecule has 1 aliphatic carbocycles. The van der Waals surface area contributed by atoms with Gasteiger partial charge in [-0.25, -0.2) is 8.78 Å². The maximum Gasteiger partial charge on any atom is 0.194 e. The van der Waals surface area contributed by atoms with Crippen LogP contribution in [0.25, 0.3) is 0 Å². The minimum absolute atomic E-state index is 0.131. The third-order valence-electron chi connectivity index (χ3n) is 3.58. The summed E-state index contributed by atoms with van der Waals surface area (Å²) in [5.41, 5.74) is -0.354. The van der Waals surface area contributed by atoms with E-state index in [2.05, 4.69) is 0 Å². The lowest BCUT2D eigenvalue weighted by Crippen LogP contribution is -2.31. The topological polar surface area (TPSA) is 37.3 Å². The van der Waals surface area contributed by atoms with Crippen LogP contribution in [0.4, 0.5) is 8.78 Å². The zero-order valence-electron chi connectivity index (χ0n) is 10.0. The van der Waals surface area contributed by atoms with Crippen LogP contribution in [0.2, 0.25) is 0 Å². The Hall–Kier alpha value is -1.29. The molecule has 18 heavy (non-hydrogen) atoms. The first kappa shape index (κ1) is 13.1. The van der Waals surface area contributed by atoms with Gasteiger partial charge in [-0.15, -0.1) is 0 Å². The lowest BCUT2D eigenvalue weighted by atomic mass is 9.82. The van der Waals surface area contributed by atoms with Crippen molar-refractivity contribution < 1.29 is 18.7 Å². The van der Waals surface area contributed by atoms with Gasteiger partial charge in [0.2, 0.25) is 0 Å². The number of Topliss-reactive ketones (excluding diaryl/α,β-unsaturated/α-hetero) is 1. The molecule has 1 atom stereocenters. The van der Waals surface area contributed by atoms with Crippen molar-refractivity contribution in [3.63, 3.8) is 0 Å². The Morgan fingerprint density at radius 2 is 1.89 bits per heavy atom. The minimum Gasteiger partial charge on any atom is -0.385 e. The Labute approximate surface area is 105 Å². The molecule has 0 bridgehead atoms. The summed E-state index contributed by atoms with van der Waals surface area (Å²) >= 11 is 0. The summed E-state index contributed by atoms with van der Waals surface area (Å²) in [6.07, 6.45) is 3.36. The molecule has 1 aromatic rings. The molecule has 0 aliphatic heterocycles. The molecule has 0 aromatic heterocycles. The molecule has 98 valence electrons. The van der Waals surface area contributed by atoms with E-state index < -0.39 is 23.5 Å². The van der Waals surface area contributed by atoms with Crippen molar-refractivity contribution in [2.75, 3.05) is 0 Å². The number of aliphatic hydroxyl groups is 1. The van der Waals surface area contributed by atoms with Crippen LogP contribution in [0.3, 0.4) is 0 Å². The third-order valence-corrected chi connectivity index (χ3v) is 3.58. The minimum atomic E-state index is -1.22. The number of aliphatic hydroxyl groups excluding tert-OH is 1. The van der Waals surface area contributed by atoms with Gasteiger partial charge in [0.05, 0.1) is 5.56 Å². The summed E-state index contributed by atoms with van der Waals surface area (Å²) in [4.78, 5) is 12.0. The van der Waals surface area contributed by atoms with Crippen LogP contribution in [0, 0.1) is 17.6 Å². The van der Waals surface area contributed by atoms with Crippen LogP contribution in [-0.2, 0) is 0 Å². The number of carbonyl (C=O) groups excluding carboxylic acids is 1. The van der Waals surface area contributed by atoms with Crippen LogP contribution in [-0.4, -0.2) is 17.0 Å². The molecule has 1 aliphatic rings. The molecule has 1 unspecified atom stereocenters. The highest BCUT2D eigenvalue weighted by atomic mass is 19.2. The zero-order valence-corrected chi connectivity index (χ0v) is 10.0. The van der Waals surface area contributed by atoms with E-state index in [-0.39, 0.29) is 11.5 Å². The largest absolute Gasteiger partial charge is 0.385 e. The molecule has 1 saturated carbocycles. The smallest absolute Gasteiger partial charge is 0.194 e. The number of hydrogen-bond donors (Lipinski definition) is 1. The van der Waals surface area contributed by atoms with Crippen molar-refractivity contribution in [1.82, 2.24) is 0 Å². The number of hydrogen-bond acceptors (Lipinski definition) is 2. The maximum absolute atomic E-state index is 13.5. The van der Waals surface area contributed by atoms with E-state index in [0.717, 1.165) is 38.2 Å². The van der Waals surface area contributed by atoms with Gasteiger partial charge in [-0.05, 0) is 30.9 Å². The lowest BCUT2D eigenvalue weighted by Gasteiger charge is -2.25. The summed E-state index contributed by atoms with van der Waals surface area (Å²) < 4.78 is 26.5. The third kappa shape index (κ3) is 2.58. The predicted molar refractivity (Wildman–Crippen MR) is 63.3 cm³/mol. The molecule has 0 saturated heterocycles. The summed E-state index contributed by atoms with van der Waals surface area (Å²) in [6, 6.07) is 3.45. The van der Waals surface area contributed by atoms with Gasteiger partial charge in [-0.3, -0.25) is 4.79 Å². The predicted octanol–water partition coefficient (Wildman–Crippen LogP) is 3.09. The maximum atomic E-state index is 13.5. The molecule has 2 rings (SSSR count). The number of benzene rings is 1. The number of ketones is 1. The SMILES string of the molecule is O=C(c1cccc(F)c1F)C(O)C1CCCCC1. The first-order valence-electron chi connectivity index (χ1n) is 6.27. The molecule has 0 amide bonds. The second-order valence-corrected chi connectivity index (χ2v) is 4.81. The van der Waals surface area contributed by atoms with Crippen molar-refractivity contribution in [3.8, 4) is 0 Å². The molecule has 1 fully saturated rings. The Morgan fingerprint density at radius 1 is 1.22 bits per heavy atom. The normalized spacial score (nSPS) is 18.6. The summed E-state index contributed by atoms with van der Waals surface area (Å²) in [7, 11) is 0. The fourth-order valence-electron chi connectivity index (χ4n) is 2.52. The van der Waals surface area contributed by atoms with Crippen LogP contribution in [0.1, 0.15) is 42.5 Å². The molecule has 4 heteroatoms. The molecule has 0 spiro atoms. The second-order valence-electron chi connectivity index (χ2n) is 4.81. The highest BCUT2D eigenvalue weighted by Gasteiger charge is 2.30. The first-order valence-corrected chi connectivity index (χ1v) is 6.27. The molecular formula is C14H16F2O2. The van der Waals surface area contributed by atoms with Crippen molar-refractivity contribution in [2.45, 2.75) is 38.2 Å². The first-order chi connectivity index (χ1) is 8.61. The van der Waals surface area contributed by atoms with E-state index in [9.17, 15) is 18.7 Å². The van der Waals surface area contributed by atoms with E-state index in [1.54, 1.807) is 0 Å². The van der Waals surface area contributed by atoms with Gasteiger partial charge in [0.25, 0.3) is 0 Å². The van der Waals surface area contributed by atoms with Crippen molar-refractivity contribution in [2.24, 2.45) is 5.92 Å². The van der Waals surface area contributed by atoms with Gasteiger partial charge < -0.3 is 5.11 Å². The van der Waals surface area contributed by atoms with Gasteiger partial charge in [-0.1, -0.05) is 25.3 Å². The second kappa shape index (κ2) is 5.57. The average Bonchev–Trinajstić information content (AvgIpc) is 2.41.